The number of fused-ring (bicyclic) bond motifs is 1. The number of carbonyl (C=O) groups is 1. The van der Waals surface area contributed by atoms with Gasteiger partial charge in [-0.1, -0.05) is 23.4 Å². The van der Waals surface area contributed by atoms with Gasteiger partial charge in [-0.2, -0.15) is 4.91 Å². The van der Waals surface area contributed by atoms with Crippen LogP contribution in [0.1, 0.15) is 34.6 Å². The minimum Gasteiger partial charge on any atom is -0.358 e. The van der Waals surface area contributed by atoms with E-state index in [1.54, 1.807) is 13.1 Å². The number of carbonyl (C=O) groups excluding carboxylic acids is 1. The predicted molar refractivity (Wildman–Crippen MR) is 99.7 cm³/mol. The molecule has 3 heterocycles. The van der Waals surface area contributed by atoms with Gasteiger partial charge in [-0.25, -0.2) is 0 Å². The summed E-state index contributed by atoms with van der Waals surface area (Å²) < 4.78 is 0. The lowest BCUT2D eigenvalue weighted by molar-refractivity contribution is 0.0946. The molecule has 130 valence electrons. The summed E-state index contributed by atoms with van der Waals surface area (Å²) in [6.07, 6.45) is 2.55. The molecule has 1 unspecified atom stereocenters. The molecule has 0 radical (unpaired) electrons. The molecule has 1 aliphatic heterocycles. The van der Waals surface area contributed by atoms with Crippen molar-refractivity contribution in [2.45, 2.75) is 19.4 Å². The van der Waals surface area contributed by atoms with Crippen molar-refractivity contribution in [2.75, 3.05) is 6.54 Å². The molecule has 1 aliphatic rings. The Morgan fingerprint density at radius 1 is 1.15 bits per heavy atom. The first kappa shape index (κ1) is 16.2. The molecule has 3 aromatic rings. The first-order valence-electron chi connectivity index (χ1n) is 8.55. The first-order valence-corrected chi connectivity index (χ1v) is 8.55. The Labute approximate surface area is 150 Å². The van der Waals surface area contributed by atoms with E-state index < -0.39 is 6.04 Å². The van der Waals surface area contributed by atoms with Crippen LogP contribution in [0.3, 0.4) is 0 Å². The Morgan fingerprint density at radius 3 is 2.85 bits per heavy atom. The number of hydrogen-bond acceptors (Lipinski definition) is 4. The predicted octanol–water partition coefficient (Wildman–Crippen LogP) is 3.86. The second-order valence-electron chi connectivity index (χ2n) is 6.42. The minimum atomic E-state index is -0.397. The van der Waals surface area contributed by atoms with Crippen LogP contribution in [0.25, 0.3) is 22.5 Å². The van der Waals surface area contributed by atoms with Crippen LogP contribution in [0, 0.1) is 4.91 Å². The van der Waals surface area contributed by atoms with E-state index in [9.17, 15) is 9.70 Å². The van der Waals surface area contributed by atoms with E-state index in [1.807, 2.05) is 42.5 Å². The molecule has 6 nitrogen and oxygen atoms in total. The van der Waals surface area contributed by atoms with Crippen molar-refractivity contribution in [3.63, 3.8) is 0 Å². The zero-order valence-corrected chi connectivity index (χ0v) is 14.3. The third-order valence-corrected chi connectivity index (χ3v) is 4.70. The van der Waals surface area contributed by atoms with Gasteiger partial charge in [0.15, 0.2) is 0 Å². The van der Waals surface area contributed by atoms with Crippen molar-refractivity contribution < 1.29 is 4.79 Å². The summed E-state index contributed by atoms with van der Waals surface area (Å²) >= 11 is 0. The second-order valence-corrected chi connectivity index (χ2v) is 6.42. The maximum atomic E-state index is 12.0. The third-order valence-electron chi connectivity index (χ3n) is 4.70. The van der Waals surface area contributed by atoms with Crippen molar-refractivity contribution >= 4 is 5.91 Å². The first-order chi connectivity index (χ1) is 12.7. The molecule has 6 heteroatoms. The number of nitroso groups, excluding NO2 is 1. The number of amides is 1. The van der Waals surface area contributed by atoms with Gasteiger partial charge in [-0.3, -0.25) is 9.78 Å². The Morgan fingerprint density at radius 2 is 2.04 bits per heavy atom. The number of nitrogens with one attached hydrogen (secondary N) is 2. The monoisotopic (exact) mass is 346 g/mol. The Kier molecular flexibility index (Phi) is 4.08. The van der Waals surface area contributed by atoms with Crippen LogP contribution in [-0.2, 0) is 6.42 Å². The normalized spacial score (nSPS) is 14.4. The van der Waals surface area contributed by atoms with Gasteiger partial charge in [0.2, 0.25) is 0 Å². The highest BCUT2D eigenvalue weighted by molar-refractivity contribution is 5.97. The zero-order valence-electron chi connectivity index (χ0n) is 14.3. The van der Waals surface area contributed by atoms with Gasteiger partial charge >= 0.3 is 0 Å². The van der Waals surface area contributed by atoms with E-state index in [0.29, 0.717) is 12.1 Å². The van der Waals surface area contributed by atoms with Crippen LogP contribution in [0.15, 0.2) is 53.8 Å². The molecule has 0 saturated heterocycles. The van der Waals surface area contributed by atoms with Gasteiger partial charge in [-0.15, -0.1) is 0 Å². The molecule has 0 aliphatic carbocycles. The van der Waals surface area contributed by atoms with Crippen molar-refractivity contribution in [1.29, 1.82) is 0 Å². The number of nitrogens with zero attached hydrogens (tertiary/aromatic N) is 2. The molecule has 2 N–H and O–H groups in total. The maximum absolute atomic E-state index is 12.0. The van der Waals surface area contributed by atoms with E-state index in [0.717, 1.165) is 40.2 Å². The fourth-order valence-corrected chi connectivity index (χ4v) is 3.22. The summed E-state index contributed by atoms with van der Waals surface area (Å²) in [4.78, 5) is 30.6. The van der Waals surface area contributed by atoms with E-state index in [2.05, 4.69) is 20.5 Å². The lowest BCUT2D eigenvalue weighted by Crippen LogP contribution is -2.31. The van der Waals surface area contributed by atoms with Gasteiger partial charge in [0.05, 0.1) is 11.3 Å². The third kappa shape index (κ3) is 2.90. The highest BCUT2D eigenvalue weighted by Gasteiger charge is 2.20. The van der Waals surface area contributed by atoms with Gasteiger partial charge in [-0.05, 0) is 36.8 Å². The smallest absolute Gasteiger partial charge is 0.253 e. The Balaban J connectivity index is 1.72. The number of pyridine rings is 1. The lowest BCUT2D eigenvalue weighted by Gasteiger charge is -2.11. The molecule has 0 bridgehead atoms. The molecule has 0 spiro atoms. The number of aromatic amines is 1. The van der Waals surface area contributed by atoms with Crippen molar-refractivity contribution in [3.05, 3.63) is 70.4 Å². The van der Waals surface area contributed by atoms with Crippen LogP contribution >= 0.6 is 0 Å². The molecular formula is C20H18N4O2. The summed E-state index contributed by atoms with van der Waals surface area (Å²) in [6, 6.07) is 13.1. The highest BCUT2D eigenvalue weighted by atomic mass is 16.3. The van der Waals surface area contributed by atoms with E-state index >= 15 is 0 Å². The average molecular weight is 346 g/mol. The summed E-state index contributed by atoms with van der Waals surface area (Å²) in [5.74, 6) is -0.0360. The summed E-state index contributed by atoms with van der Waals surface area (Å²) in [5.41, 5.74) is 6.12. The van der Waals surface area contributed by atoms with Gasteiger partial charge in [0.25, 0.3) is 5.91 Å². The SMILES string of the molecule is CC(N=O)c1cccc(-c2cc(-c3cc4c([nH]3)CCNC4=O)ccn2)c1. The molecule has 0 fully saturated rings. The Hall–Kier alpha value is -3.28. The largest absolute Gasteiger partial charge is 0.358 e. The molecule has 26 heavy (non-hydrogen) atoms. The minimum absolute atomic E-state index is 0.0360. The van der Waals surface area contributed by atoms with Crippen LogP contribution in [0.5, 0.6) is 0 Å². The molecule has 4 rings (SSSR count). The Bertz CT molecular complexity index is 993. The van der Waals surface area contributed by atoms with Crippen molar-refractivity contribution in [1.82, 2.24) is 15.3 Å². The van der Waals surface area contributed by atoms with E-state index in [4.69, 9.17) is 0 Å². The molecular weight excluding hydrogens is 328 g/mol. The summed E-state index contributed by atoms with van der Waals surface area (Å²) in [5, 5.41) is 5.95. The molecule has 1 amide bonds. The molecule has 1 atom stereocenters. The number of rotatable bonds is 4. The number of benzene rings is 1. The molecule has 2 aromatic heterocycles. The fourth-order valence-electron chi connectivity index (χ4n) is 3.22. The van der Waals surface area contributed by atoms with Gasteiger partial charge in [0, 0.05) is 41.7 Å². The summed E-state index contributed by atoms with van der Waals surface area (Å²) in [7, 11) is 0. The summed E-state index contributed by atoms with van der Waals surface area (Å²) in [6.45, 7) is 2.42. The fraction of sp³-hybridized carbons (Fsp3) is 0.200. The van der Waals surface area contributed by atoms with Crippen LogP contribution in [0.2, 0.25) is 0 Å². The zero-order chi connectivity index (χ0) is 18.1. The standard InChI is InChI=1S/C20H18N4O2/c1-12(24-26)13-3-2-4-14(9-13)18-10-15(5-7-21-18)19-11-16-17(23-19)6-8-22-20(16)25/h2-5,7,9-12,23H,6,8H2,1H3,(H,22,25). The van der Waals surface area contributed by atoms with E-state index in [1.165, 1.54) is 0 Å². The van der Waals surface area contributed by atoms with E-state index in [-0.39, 0.29) is 5.91 Å². The van der Waals surface area contributed by atoms with Crippen molar-refractivity contribution in [2.24, 2.45) is 5.18 Å². The van der Waals surface area contributed by atoms with Gasteiger partial charge < -0.3 is 10.3 Å². The average Bonchev–Trinajstić information content (AvgIpc) is 3.13. The topological polar surface area (TPSA) is 87.2 Å². The maximum Gasteiger partial charge on any atom is 0.253 e. The molecule has 1 aromatic carbocycles. The van der Waals surface area contributed by atoms with Crippen LogP contribution in [-0.4, -0.2) is 22.4 Å². The molecule has 0 saturated carbocycles. The second kappa shape index (κ2) is 6.55. The van der Waals surface area contributed by atoms with Crippen LogP contribution in [0.4, 0.5) is 0 Å². The highest BCUT2D eigenvalue weighted by Crippen LogP contribution is 2.28. The number of hydrogen-bond donors (Lipinski definition) is 2. The van der Waals surface area contributed by atoms with Gasteiger partial charge in [0.1, 0.15) is 6.04 Å². The number of H-pyrrole nitrogens is 1. The lowest BCUT2D eigenvalue weighted by atomic mass is 10.0. The van der Waals surface area contributed by atoms with Crippen LogP contribution < -0.4 is 5.32 Å². The van der Waals surface area contributed by atoms with Crippen molar-refractivity contribution in [3.8, 4) is 22.5 Å². The number of aromatic nitrogens is 2. The quantitative estimate of drug-likeness (QED) is 0.703.